The van der Waals surface area contributed by atoms with Gasteiger partial charge in [-0.05, 0) is 25.3 Å². The van der Waals surface area contributed by atoms with Crippen molar-refractivity contribution in [3.05, 3.63) is 16.1 Å². The zero-order chi connectivity index (χ0) is 11.1. The van der Waals surface area contributed by atoms with Crippen molar-refractivity contribution >= 4 is 11.3 Å². The normalized spacial score (nSPS) is 25.2. The number of nitrogens with one attached hydrogen (secondary N) is 1. The van der Waals surface area contributed by atoms with Gasteiger partial charge in [0.1, 0.15) is 0 Å². The van der Waals surface area contributed by atoms with Crippen LogP contribution in [0.25, 0.3) is 0 Å². The third-order valence-electron chi connectivity index (χ3n) is 3.46. The van der Waals surface area contributed by atoms with Crippen LogP contribution < -0.4 is 5.32 Å². The number of thiazole rings is 1. The first-order valence-electron chi connectivity index (χ1n) is 5.71. The summed E-state index contributed by atoms with van der Waals surface area (Å²) in [7, 11) is 2.01. The molecule has 3 heteroatoms. The molecule has 15 heavy (non-hydrogen) atoms. The number of nitrogens with zero attached hydrogens (tertiary/aromatic N) is 1. The van der Waals surface area contributed by atoms with Crippen LogP contribution in [0.1, 0.15) is 56.3 Å². The second kappa shape index (κ2) is 3.87. The van der Waals surface area contributed by atoms with E-state index in [9.17, 15) is 0 Å². The Bertz CT molecular complexity index is 323. The summed E-state index contributed by atoms with van der Waals surface area (Å²) in [6.45, 7) is 6.85. The van der Waals surface area contributed by atoms with Crippen LogP contribution >= 0.6 is 11.3 Å². The van der Waals surface area contributed by atoms with E-state index in [1.54, 1.807) is 0 Å². The maximum atomic E-state index is 4.77. The van der Waals surface area contributed by atoms with Gasteiger partial charge in [-0.3, -0.25) is 0 Å². The molecule has 84 valence electrons. The van der Waals surface area contributed by atoms with Crippen molar-refractivity contribution in [2.45, 2.75) is 45.6 Å². The van der Waals surface area contributed by atoms with Crippen LogP contribution in [0.15, 0.2) is 5.38 Å². The van der Waals surface area contributed by atoms with Gasteiger partial charge in [-0.2, -0.15) is 0 Å². The first-order valence-corrected chi connectivity index (χ1v) is 6.59. The van der Waals surface area contributed by atoms with Gasteiger partial charge in [-0.15, -0.1) is 11.3 Å². The van der Waals surface area contributed by atoms with Gasteiger partial charge < -0.3 is 5.32 Å². The summed E-state index contributed by atoms with van der Waals surface area (Å²) in [4.78, 5) is 4.77. The lowest BCUT2D eigenvalue weighted by Crippen LogP contribution is -2.15. The van der Waals surface area contributed by atoms with Crippen molar-refractivity contribution in [2.24, 2.45) is 5.41 Å². The summed E-state index contributed by atoms with van der Waals surface area (Å²) in [5, 5.41) is 6.86. The van der Waals surface area contributed by atoms with E-state index < -0.39 is 0 Å². The Morgan fingerprint density at radius 3 is 2.80 bits per heavy atom. The van der Waals surface area contributed by atoms with Crippen molar-refractivity contribution in [2.75, 3.05) is 7.05 Å². The van der Waals surface area contributed by atoms with Gasteiger partial charge in [-0.25, -0.2) is 4.98 Å². The SMILES string of the molecule is CCC(NC)c1csc(C2CC2(C)C)n1. The fraction of sp³-hybridized carbons (Fsp3) is 0.750. The highest BCUT2D eigenvalue weighted by Gasteiger charge is 2.48. The Morgan fingerprint density at radius 2 is 2.33 bits per heavy atom. The molecule has 1 heterocycles. The first kappa shape index (κ1) is 11.1. The molecule has 1 N–H and O–H groups in total. The lowest BCUT2D eigenvalue weighted by atomic mass is 10.1. The lowest BCUT2D eigenvalue weighted by molar-refractivity contribution is 0.560. The largest absolute Gasteiger partial charge is 0.312 e. The summed E-state index contributed by atoms with van der Waals surface area (Å²) in [5.41, 5.74) is 1.72. The Morgan fingerprint density at radius 1 is 1.67 bits per heavy atom. The monoisotopic (exact) mass is 224 g/mol. The predicted octanol–water partition coefficient (Wildman–Crippen LogP) is 3.33. The molecule has 2 unspecified atom stereocenters. The van der Waals surface area contributed by atoms with Gasteiger partial charge in [0.15, 0.2) is 0 Å². The number of hydrogen-bond acceptors (Lipinski definition) is 3. The predicted molar refractivity (Wildman–Crippen MR) is 65.3 cm³/mol. The molecular formula is C12H20N2S. The third kappa shape index (κ3) is 2.08. The molecular weight excluding hydrogens is 204 g/mol. The minimum absolute atomic E-state index is 0.428. The van der Waals surface area contributed by atoms with Crippen molar-refractivity contribution in [1.29, 1.82) is 0 Å². The number of hydrogen-bond donors (Lipinski definition) is 1. The molecule has 2 rings (SSSR count). The van der Waals surface area contributed by atoms with E-state index >= 15 is 0 Å². The lowest BCUT2D eigenvalue weighted by Gasteiger charge is -2.09. The van der Waals surface area contributed by atoms with E-state index in [-0.39, 0.29) is 0 Å². The van der Waals surface area contributed by atoms with Gasteiger partial charge in [0.05, 0.1) is 10.7 Å². The molecule has 0 bridgehead atoms. The average molecular weight is 224 g/mol. The van der Waals surface area contributed by atoms with Crippen LogP contribution in [0.2, 0.25) is 0 Å². The van der Waals surface area contributed by atoms with Gasteiger partial charge in [0.25, 0.3) is 0 Å². The molecule has 2 nitrogen and oxygen atoms in total. The zero-order valence-electron chi connectivity index (χ0n) is 10.0. The molecule has 0 saturated heterocycles. The quantitative estimate of drug-likeness (QED) is 0.848. The number of aromatic nitrogens is 1. The Labute approximate surface area is 96.1 Å². The third-order valence-corrected chi connectivity index (χ3v) is 4.44. The maximum absolute atomic E-state index is 4.77. The van der Waals surface area contributed by atoms with Crippen molar-refractivity contribution in [3.63, 3.8) is 0 Å². The van der Waals surface area contributed by atoms with E-state index in [0.717, 1.165) is 6.42 Å². The molecule has 0 amide bonds. The van der Waals surface area contributed by atoms with Gasteiger partial charge in [-0.1, -0.05) is 20.8 Å². The van der Waals surface area contributed by atoms with Crippen molar-refractivity contribution in [1.82, 2.24) is 10.3 Å². The molecule has 1 saturated carbocycles. The summed E-state index contributed by atoms with van der Waals surface area (Å²) in [6.07, 6.45) is 2.41. The Kier molecular flexibility index (Phi) is 2.86. The highest BCUT2D eigenvalue weighted by Crippen LogP contribution is 2.59. The second-order valence-electron chi connectivity index (χ2n) is 5.11. The molecule has 0 aliphatic heterocycles. The van der Waals surface area contributed by atoms with Crippen molar-refractivity contribution < 1.29 is 0 Å². The topological polar surface area (TPSA) is 24.9 Å². The van der Waals surface area contributed by atoms with Gasteiger partial charge in [0.2, 0.25) is 0 Å². The minimum atomic E-state index is 0.428. The van der Waals surface area contributed by atoms with E-state index in [0.29, 0.717) is 17.4 Å². The van der Waals surface area contributed by atoms with Gasteiger partial charge in [0, 0.05) is 17.3 Å². The summed E-state index contributed by atoms with van der Waals surface area (Å²) in [6, 6.07) is 0.428. The van der Waals surface area contributed by atoms with E-state index in [4.69, 9.17) is 4.98 Å². The second-order valence-corrected chi connectivity index (χ2v) is 6.00. The van der Waals surface area contributed by atoms with E-state index in [1.807, 2.05) is 18.4 Å². The molecule has 0 aromatic carbocycles. The molecule has 1 aliphatic rings. The van der Waals surface area contributed by atoms with Crippen LogP contribution in [-0.2, 0) is 0 Å². The number of rotatable bonds is 4. The van der Waals surface area contributed by atoms with Crippen LogP contribution in [0.5, 0.6) is 0 Å². The molecule has 0 radical (unpaired) electrons. The van der Waals surface area contributed by atoms with E-state index in [1.165, 1.54) is 17.1 Å². The van der Waals surface area contributed by atoms with Crippen LogP contribution in [0.4, 0.5) is 0 Å². The highest BCUT2D eigenvalue weighted by molar-refractivity contribution is 7.09. The standard InChI is InChI=1S/C12H20N2S/c1-5-9(13-4)10-7-15-11(14-10)8-6-12(8,2)3/h7-9,13H,5-6H2,1-4H3. The van der Waals surface area contributed by atoms with Crippen LogP contribution in [0.3, 0.4) is 0 Å². The molecule has 0 spiro atoms. The summed E-state index contributed by atoms with van der Waals surface area (Å²) >= 11 is 1.83. The Hall–Kier alpha value is -0.410. The smallest absolute Gasteiger partial charge is 0.0965 e. The molecule has 1 aliphatic carbocycles. The zero-order valence-corrected chi connectivity index (χ0v) is 10.8. The van der Waals surface area contributed by atoms with Gasteiger partial charge >= 0.3 is 0 Å². The molecule has 1 fully saturated rings. The first-order chi connectivity index (χ1) is 7.08. The van der Waals surface area contributed by atoms with E-state index in [2.05, 4.69) is 31.5 Å². The highest BCUT2D eigenvalue weighted by atomic mass is 32.1. The maximum Gasteiger partial charge on any atom is 0.0965 e. The van der Waals surface area contributed by atoms with Crippen LogP contribution in [0, 0.1) is 5.41 Å². The molecule has 1 aromatic rings. The summed E-state index contributed by atoms with van der Waals surface area (Å²) in [5.74, 6) is 0.714. The van der Waals surface area contributed by atoms with Crippen LogP contribution in [-0.4, -0.2) is 12.0 Å². The fourth-order valence-electron chi connectivity index (χ4n) is 2.07. The molecule has 2 atom stereocenters. The fourth-order valence-corrected chi connectivity index (χ4v) is 3.25. The Balaban J connectivity index is 2.11. The minimum Gasteiger partial charge on any atom is -0.312 e. The van der Waals surface area contributed by atoms with Crippen molar-refractivity contribution in [3.8, 4) is 0 Å². The molecule has 1 aromatic heterocycles. The summed E-state index contributed by atoms with van der Waals surface area (Å²) < 4.78 is 0. The average Bonchev–Trinajstić information content (AvgIpc) is 2.65.